The SMILES string of the molecule is CCCOc1ccccc1[C@H]1SCC(=O)Nc2c1c(=O)[nH]n2[C@@H](C)CCC. The number of H-pyrrole nitrogens is 1. The van der Waals surface area contributed by atoms with E-state index in [1.165, 1.54) is 11.8 Å². The molecule has 0 aliphatic carbocycles. The van der Waals surface area contributed by atoms with Crippen LogP contribution in [0.5, 0.6) is 5.75 Å². The maximum absolute atomic E-state index is 12.9. The number of thioether (sulfide) groups is 1. The molecule has 0 fully saturated rings. The highest BCUT2D eigenvalue weighted by Crippen LogP contribution is 2.43. The minimum absolute atomic E-state index is 0.0906. The predicted molar refractivity (Wildman–Crippen MR) is 110 cm³/mol. The van der Waals surface area contributed by atoms with Crippen LogP contribution in [-0.4, -0.2) is 28.0 Å². The topological polar surface area (TPSA) is 76.1 Å². The Morgan fingerprint density at radius 1 is 1.26 bits per heavy atom. The van der Waals surface area contributed by atoms with E-state index >= 15 is 0 Å². The van der Waals surface area contributed by atoms with Gasteiger partial charge in [0.15, 0.2) is 0 Å². The van der Waals surface area contributed by atoms with Gasteiger partial charge in [-0.1, -0.05) is 38.5 Å². The van der Waals surface area contributed by atoms with Crippen molar-refractivity contribution in [1.82, 2.24) is 9.78 Å². The molecule has 2 N–H and O–H groups in total. The number of aromatic nitrogens is 2. The third-order valence-corrected chi connectivity index (χ3v) is 5.93. The molecule has 1 aliphatic rings. The summed E-state index contributed by atoms with van der Waals surface area (Å²) in [5.74, 6) is 1.56. The normalized spacial score (nSPS) is 17.7. The minimum Gasteiger partial charge on any atom is -0.493 e. The number of rotatable bonds is 7. The first kappa shape index (κ1) is 19.6. The molecular formula is C20H27N3O3S. The molecule has 1 aromatic heterocycles. The van der Waals surface area contributed by atoms with E-state index in [9.17, 15) is 9.59 Å². The van der Waals surface area contributed by atoms with E-state index < -0.39 is 0 Å². The van der Waals surface area contributed by atoms with Crippen LogP contribution in [0, 0.1) is 0 Å². The van der Waals surface area contributed by atoms with Gasteiger partial charge in [0.05, 0.1) is 23.2 Å². The first-order chi connectivity index (χ1) is 13.1. The number of fused-ring (bicyclic) bond motifs is 1. The quantitative estimate of drug-likeness (QED) is 0.747. The van der Waals surface area contributed by atoms with Crippen molar-refractivity contribution in [1.29, 1.82) is 0 Å². The number of anilines is 1. The highest BCUT2D eigenvalue weighted by Gasteiger charge is 2.32. The van der Waals surface area contributed by atoms with E-state index in [1.54, 1.807) is 0 Å². The smallest absolute Gasteiger partial charge is 0.270 e. The molecule has 6 nitrogen and oxygen atoms in total. The molecule has 7 heteroatoms. The van der Waals surface area contributed by atoms with Gasteiger partial charge in [0.2, 0.25) is 5.91 Å². The number of para-hydroxylation sites is 1. The van der Waals surface area contributed by atoms with Crippen molar-refractivity contribution in [2.75, 3.05) is 17.7 Å². The van der Waals surface area contributed by atoms with E-state index in [-0.39, 0.29) is 22.8 Å². The molecule has 3 rings (SSSR count). The molecule has 0 unspecified atom stereocenters. The summed E-state index contributed by atoms with van der Waals surface area (Å²) >= 11 is 1.46. The van der Waals surface area contributed by atoms with Gasteiger partial charge in [0.1, 0.15) is 11.6 Å². The molecule has 2 aromatic rings. The molecule has 0 saturated carbocycles. The molecule has 146 valence electrons. The maximum atomic E-state index is 12.9. The lowest BCUT2D eigenvalue weighted by Crippen LogP contribution is -2.18. The Kier molecular flexibility index (Phi) is 6.31. The number of nitrogens with zero attached hydrogens (tertiary/aromatic N) is 1. The average Bonchev–Trinajstić information content (AvgIpc) is 2.87. The number of carbonyl (C=O) groups excluding carboxylic acids is 1. The fourth-order valence-electron chi connectivity index (χ4n) is 3.41. The van der Waals surface area contributed by atoms with Crippen molar-refractivity contribution >= 4 is 23.5 Å². The molecule has 1 aliphatic heterocycles. The molecule has 27 heavy (non-hydrogen) atoms. The first-order valence-corrected chi connectivity index (χ1v) is 10.6. The number of hydrogen-bond acceptors (Lipinski definition) is 4. The molecule has 1 aromatic carbocycles. The Morgan fingerprint density at radius 2 is 2.04 bits per heavy atom. The van der Waals surface area contributed by atoms with Gasteiger partial charge in [-0.25, -0.2) is 0 Å². The Bertz CT molecular complexity index is 858. The lowest BCUT2D eigenvalue weighted by atomic mass is 10.0. The molecule has 1 amide bonds. The molecular weight excluding hydrogens is 362 g/mol. The van der Waals surface area contributed by atoms with Crippen LogP contribution < -0.4 is 15.6 Å². The number of benzene rings is 1. The van der Waals surface area contributed by atoms with Crippen molar-refractivity contribution < 1.29 is 9.53 Å². The monoisotopic (exact) mass is 389 g/mol. The second-order valence-corrected chi connectivity index (χ2v) is 7.93. The number of aromatic amines is 1. The zero-order valence-electron chi connectivity index (χ0n) is 16.1. The molecule has 2 atom stereocenters. The zero-order valence-corrected chi connectivity index (χ0v) is 16.9. The van der Waals surface area contributed by atoms with Crippen molar-refractivity contribution in [2.45, 2.75) is 51.3 Å². The van der Waals surface area contributed by atoms with Crippen LogP contribution in [0.4, 0.5) is 5.82 Å². The highest BCUT2D eigenvalue weighted by molar-refractivity contribution is 8.00. The predicted octanol–water partition coefficient (Wildman–Crippen LogP) is 4.10. The van der Waals surface area contributed by atoms with Gasteiger partial charge >= 0.3 is 0 Å². The molecule has 0 spiro atoms. The lowest BCUT2D eigenvalue weighted by Gasteiger charge is -2.19. The first-order valence-electron chi connectivity index (χ1n) is 9.54. The summed E-state index contributed by atoms with van der Waals surface area (Å²) in [6, 6.07) is 7.88. The standard InChI is InChI=1S/C20H27N3O3S/c1-4-8-13(3)23-19-17(20(25)22-23)18(27-12-16(24)21-19)14-9-6-7-10-15(14)26-11-5-2/h6-7,9-10,13,18H,4-5,8,11-12H2,1-3H3,(H,21,24)(H,22,25)/t13-,18+/m0/s1. The van der Waals surface area contributed by atoms with Gasteiger partial charge in [-0.15, -0.1) is 11.8 Å². The highest BCUT2D eigenvalue weighted by atomic mass is 32.2. The number of ether oxygens (including phenoxy) is 1. The van der Waals surface area contributed by atoms with Gasteiger partial charge in [0.25, 0.3) is 5.56 Å². The van der Waals surface area contributed by atoms with Crippen molar-refractivity contribution in [3.05, 3.63) is 45.7 Å². The van der Waals surface area contributed by atoms with Gasteiger partial charge < -0.3 is 10.1 Å². The minimum atomic E-state index is -0.258. The van der Waals surface area contributed by atoms with Crippen LogP contribution >= 0.6 is 11.8 Å². The second kappa shape index (κ2) is 8.69. The number of nitrogens with one attached hydrogen (secondary N) is 2. The van der Waals surface area contributed by atoms with Gasteiger partial charge in [-0.3, -0.25) is 19.4 Å². The third kappa shape index (κ3) is 4.08. The second-order valence-electron chi connectivity index (χ2n) is 6.84. The molecule has 0 radical (unpaired) electrons. The van der Waals surface area contributed by atoms with E-state index in [2.05, 4.69) is 31.2 Å². The summed E-state index contributed by atoms with van der Waals surface area (Å²) in [5.41, 5.74) is 1.37. The third-order valence-electron chi connectivity index (χ3n) is 4.67. The van der Waals surface area contributed by atoms with E-state index in [0.717, 1.165) is 30.6 Å². The summed E-state index contributed by atoms with van der Waals surface area (Å²) < 4.78 is 7.73. The van der Waals surface area contributed by atoms with Crippen molar-refractivity contribution in [3.8, 4) is 5.75 Å². The number of amides is 1. The van der Waals surface area contributed by atoms with E-state index in [4.69, 9.17) is 4.74 Å². The fraction of sp³-hybridized carbons (Fsp3) is 0.500. The lowest BCUT2D eigenvalue weighted by molar-refractivity contribution is -0.113. The van der Waals surface area contributed by atoms with Gasteiger partial charge in [-0.05, 0) is 25.8 Å². The van der Waals surface area contributed by atoms with Crippen LogP contribution in [0.25, 0.3) is 0 Å². The maximum Gasteiger partial charge on any atom is 0.270 e. The van der Waals surface area contributed by atoms with E-state index in [1.807, 2.05) is 28.9 Å². The summed E-state index contributed by atoms with van der Waals surface area (Å²) in [5, 5.41) is 5.63. The Labute approximate surface area is 163 Å². The largest absolute Gasteiger partial charge is 0.493 e. The van der Waals surface area contributed by atoms with Crippen LogP contribution in [0.15, 0.2) is 29.1 Å². The van der Waals surface area contributed by atoms with Crippen LogP contribution in [-0.2, 0) is 4.79 Å². The van der Waals surface area contributed by atoms with Gasteiger partial charge in [0, 0.05) is 11.6 Å². The molecule has 0 bridgehead atoms. The Balaban J connectivity index is 2.10. The van der Waals surface area contributed by atoms with E-state index in [0.29, 0.717) is 23.7 Å². The van der Waals surface area contributed by atoms with Crippen molar-refractivity contribution in [2.24, 2.45) is 0 Å². The van der Waals surface area contributed by atoms with Crippen LogP contribution in [0.3, 0.4) is 0 Å². The Morgan fingerprint density at radius 3 is 2.78 bits per heavy atom. The summed E-state index contributed by atoms with van der Waals surface area (Å²) in [4.78, 5) is 25.2. The van der Waals surface area contributed by atoms with Gasteiger partial charge in [-0.2, -0.15) is 0 Å². The zero-order chi connectivity index (χ0) is 19.4. The number of hydrogen-bond donors (Lipinski definition) is 2. The number of carbonyl (C=O) groups is 1. The molecule has 0 saturated heterocycles. The summed E-state index contributed by atoms with van der Waals surface area (Å²) in [7, 11) is 0. The Hall–Kier alpha value is -2.15. The summed E-state index contributed by atoms with van der Waals surface area (Å²) in [6.45, 7) is 6.83. The fourth-order valence-corrected chi connectivity index (χ4v) is 4.56. The summed E-state index contributed by atoms with van der Waals surface area (Å²) in [6.07, 6.45) is 2.82. The van der Waals surface area contributed by atoms with Crippen LogP contribution in [0.2, 0.25) is 0 Å². The van der Waals surface area contributed by atoms with Crippen LogP contribution in [0.1, 0.15) is 62.5 Å². The average molecular weight is 390 g/mol. The molecule has 2 heterocycles. The van der Waals surface area contributed by atoms with Crippen molar-refractivity contribution in [3.63, 3.8) is 0 Å².